The van der Waals surface area contributed by atoms with Crippen molar-refractivity contribution in [2.75, 3.05) is 0 Å². The summed E-state index contributed by atoms with van der Waals surface area (Å²) < 4.78 is 94.7. The Morgan fingerprint density at radius 1 is 0.361 bits per heavy atom. The average Bonchev–Trinajstić information content (AvgIpc) is 3.92. The van der Waals surface area contributed by atoms with Crippen LogP contribution in [0.2, 0.25) is 0 Å². The molecule has 346 valence electrons. The van der Waals surface area contributed by atoms with Crippen molar-refractivity contribution in [3.8, 4) is 73.3 Å². The van der Waals surface area contributed by atoms with Crippen molar-refractivity contribution in [3.05, 3.63) is 229 Å². The molecule has 4 heterocycles. The van der Waals surface area contributed by atoms with Gasteiger partial charge in [0.1, 0.15) is 11.6 Å². The van der Waals surface area contributed by atoms with Gasteiger partial charge in [-0.1, -0.05) is 115 Å². The first-order valence-electron chi connectivity index (χ1n) is 22.9. The molecule has 11 heteroatoms. The van der Waals surface area contributed by atoms with Gasteiger partial charge >= 0.3 is 12.4 Å². The lowest BCUT2D eigenvalue weighted by atomic mass is 9.91. The van der Waals surface area contributed by atoms with Gasteiger partial charge in [-0.25, -0.2) is 0 Å². The second kappa shape index (κ2) is 17.0. The highest BCUT2D eigenvalue weighted by Crippen LogP contribution is 2.48. The number of rotatable bonds is 7. The van der Waals surface area contributed by atoms with E-state index in [1.54, 1.807) is 33.7 Å². The lowest BCUT2D eigenvalue weighted by molar-refractivity contribution is -0.142. The molecule has 12 aromatic rings. The molecule has 0 unspecified atom stereocenters. The monoisotopic (exact) mass is 951 g/mol. The molecular weight excluding hydrogens is 917 g/mol. The lowest BCUT2D eigenvalue weighted by Crippen LogP contribution is -2.15. The standard InChI is InChI=1S/C61H35F6N5/c62-60(63,64)49-18-11-19-50(61(65,66)67)59(49)43-34-57(71-53-20-9-7-16-44(53)46-30-39(22-24-55(46)71)41-26-28-69-51(32-41)37-12-3-1-4-13-37)48(36-68)58(35-43)72-54-21-10-8-17-45(54)47-31-40(23-25-56(47)72)42-27-29-70-52(33-42)38-14-5-2-6-15-38/h1-35H. The number of nitrogens with zero attached hydrogens (tertiary/aromatic N) is 5. The molecule has 12 rings (SSSR count). The molecule has 0 spiro atoms. The first kappa shape index (κ1) is 44.0. The predicted molar refractivity (Wildman–Crippen MR) is 273 cm³/mol. The van der Waals surface area contributed by atoms with Crippen LogP contribution < -0.4 is 0 Å². The quantitative estimate of drug-likeness (QED) is 0.150. The number of pyridine rings is 2. The topological polar surface area (TPSA) is 59.4 Å². The van der Waals surface area contributed by atoms with E-state index in [2.05, 4.69) is 16.0 Å². The van der Waals surface area contributed by atoms with Gasteiger partial charge in [0.15, 0.2) is 0 Å². The molecule has 8 aromatic carbocycles. The van der Waals surface area contributed by atoms with E-state index in [1.165, 1.54) is 12.1 Å². The van der Waals surface area contributed by atoms with Crippen LogP contribution in [0.15, 0.2) is 213 Å². The first-order valence-corrected chi connectivity index (χ1v) is 22.9. The van der Waals surface area contributed by atoms with Crippen molar-refractivity contribution in [2.24, 2.45) is 0 Å². The van der Waals surface area contributed by atoms with E-state index < -0.39 is 29.0 Å². The van der Waals surface area contributed by atoms with E-state index >= 15 is 26.3 Å². The Bertz CT molecular complexity index is 3890. The van der Waals surface area contributed by atoms with Crippen molar-refractivity contribution in [1.29, 1.82) is 5.26 Å². The Balaban J connectivity index is 1.14. The number of aromatic nitrogens is 4. The number of hydrogen-bond donors (Lipinski definition) is 0. The summed E-state index contributed by atoms with van der Waals surface area (Å²) >= 11 is 0. The summed E-state index contributed by atoms with van der Waals surface area (Å²) in [5.41, 5.74) is 5.07. The van der Waals surface area contributed by atoms with Crippen molar-refractivity contribution in [2.45, 2.75) is 12.4 Å². The molecule has 0 radical (unpaired) electrons. The summed E-state index contributed by atoms with van der Waals surface area (Å²) in [7, 11) is 0. The van der Waals surface area contributed by atoms with Gasteiger partial charge in [-0.05, 0) is 113 Å². The van der Waals surface area contributed by atoms with Gasteiger partial charge < -0.3 is 9.13 Å². The maximum Gasteiger partial charge on any atom is 0.417 e. The maximum absolute atomic E-state index is 15.2. The number of nitriles is 1. The molecule has 0 N–H and O–H groups in total. The molecular formula is C61H35F6N5. The number of fused-ring (bicyclic) bond motifs is 6. The van der Waals surface area contributed by atoms with E-state index in [-0.39, 0.29) is 22.5 Å². The van der Waals surface area contributed by atoms with Crippen molar-refractivity contribution in [1.82, 2.24) is 19.1 Å². The number of para-hydroxylation sites is 2. The van der Waals surface area contributed by atoms with Crippen molar-refractivity contribution >= 4 is 43.6 Å². The Morgan fingerprint density at radius 2 is 0.764 bits per heavy atom. The van der Waals surface area contributed by atoms with E-state index in [0.29, 0.717) is 34.2 Å². The number of hydrogen-bond acceptors (Lipinski definition) is 3. The molecule has 0 aliphatic carbocycles. The molecule has 0 aliphatic rings. The SMILES string of the molecule is N#Cc1c(-n2c3ccccc3c3cc(-c4ccnc(-c5ccccc5)c4)ccc32)cc(-c2c(C(F)(F)F)cccc2C(F)(F)F)cc1-n1c2ccccc2c2cc(-c3ccnc(-c4ccccc4)c3)ccc21. The zero-order chi connectivity index (χ0) is 49.3. The van der Waals surface area contributed by atoms with Gasteiger partial charge in [0.25, 0.3) is 0 Å². The first-order chi connectivity index (χ1) is 34.9. The average molecular weight is 952 g/mol. The van der Waals surface area contributed by atoms with Crippen LogP contribution in [0.5, 0.6) is 0 Å². The normalized spacial score (nSPS) is 12.0. The van der Waals surface area contributed by atoms with Crippen LogP contribution in [-0.2, 0) is 12.4 Å². The molecule has 5 nitrogen and oxygen atoms in total. The Hall–Kier alpha value is -9.27. The summed E-state index contributed by atoms with van der Waals surface area (Å²) in [4.78, 5) is 9.21. The molecule has 0 saturated heterocycles. The largest absolute Gasteiger partial charge is 0.417 e. The zero-order valence-electron chi connectivity index (χ0n) is 37.7. The minimum absolute atomic E-state index is 0.0264. The lowest BCUT2D eigenvalue weighted by Gasteiger charge is -2.22. The van der Waals surface area contributed by atoms with Gasteiger partial charge in [0, 0.05) is 50.6 Å². The van der Waals surface area contributed by atoms with E-state index in [1.807, 2.05) is 158 Å². The van der Waals surface area contributed by atoms with Crippen LogP contribution in [0.25, 0.3) is 111 Å². The molecule has 0 aliphatic heterocycles. The van der Waals surface area contributed by atoms with Gasteiger partial charge in [0.05, 0.1) is 56.0 Å². The van der Waals surface area contributed by atoms with E-state index in [4.69, 9.17) is 0 Å². The molecule has 0 atom stereocenters. The maximum atomic E-state index is 15.2. The van der Waals surface area contributed by atoms with Crippen LogP contribution in [0.3, 0.4) is 0 Å². The van der Waals surface area contributed by atoms with E-state index in [0.717, 1.165) is 72.4 Å². The highest BCUT2D eigenvalue weighted by molar-refractivity contribution is 6.12. The number of benzene rings is 8. The Kier molecular flexibility index (Phi) is 10.4. The van der Waals surface area contributed by atoms with Gasteiger partial charge in [0.2, 0.25) is 0 Å². The highest BCUT2D eigenvalue weighted by atomic mass is 19.4. The summed E-state index contributed by atoms with van der Waals surface area (Å²) in [5.74, 6) is 0. The van der Waals surface area contributed by atoms with Crippen LogP contribution in [-0.4, -0.2) is 19.1 Å². The van der Waals surface area contributed by atoms with Crippen LogP contribution in [0, 0.1) is 11.3 Å². The molecule has 4 aromatic heterocycles. The summed E-state index contributed by atoms with van der Waals surface area (Å²) in [6.07, 6.45) is -6.89. The minimum atomic E-state index is -5.18. The molecule has 0 saturated carbocycles. The summed E-state index contributed by atoms with van der Waals surface area (Å²) in [6.45, 7) is 0. The Labute approximate surface area is 407 Å². The third-order valence-corrected chi connectivity index (χ3v) is 13.3. The second-order valence-corrected chi connectivity index (χ2v) is 17.5. The third kappa shape index (κ3) is 7.43. The second-order valence-electron chi connectivity index (χ2n) is 17.5. The minimum Gasteiger partial charge on any atom is -0.308 e. The van der Waals surface area contributed by atoms with Crippen molar-refractivity contribution in [3.63, 3.8) is 0 Å². The fourth-order valence-corrected chi connectivity index (χ4v) is 10.1. The fourth-order valence-electron chi connectivity index (χ4n) is 10.1. The van der Waals surface area contributed by atoms with Crippen LogP contribution in [0.4, 0.5) is 26.3 Å². The van der Waals surface area contributed by atoms with Crippen LogP contribution in [0.1, 0.15) is 16.7 Å². The van der Waals surface area contributed by atoms with Gasteiger partial charge in [-0.3, -0.25) is 9.97 Å². The predicted octanol–water partition coefficient (Wildman–Crippen LogP) is 16.9. The Morgan fingerprint density at radius 3 is 1.19 bits per heavy atom. The van der Waals surface area contributed by atoms with E-state index in [9.17, 15) is 5.26 Å². The van der Waals surface area contributed by atoms with Crippen LogP contribution >= 0.6 is 0 Å². The number of alkyl halides is 6. The molecule has 0 bridgehead atoms. The van der Waals surface area contributed by atoms with Gasteiger partial charge in [-0.2, -0.15) is 31.6 Å². The van der Waals surface area contributed by atoms with Crippen molar-refractivity contribution < 1.29 is 26.3 Å². The zero-order valence-corrected chi connectivity index (χ0v) is 37.7. The molecule has 72 heavy (non-hydrogen) atoms. The number of halogens is 6. The third-order valence-electron chi connectivity index (χ3n) is 13.3. The molecule has 0 amide bonds. The summed E-state index contributed by atoms with van der Waals surface area (Å²) in [5, 5.41) is 14.5. The fraction of sp³-hybridized carbons (Fsp3) is 0.0328. The smallest absolute Gasteiger partial charge is 0.308 e. The molecule has 0 fully saturated rings. The van der Waals surface area contributed by atoms with Gasteiger partial charge in [-0.15, -0.1) is 0 Å². The summed E-state index contributed by atoms with van der Waals surface area (Å²) in [6, 6.07) is 60.8. The highest BCUT2D eigenvalue weighted by Gasteiger charge is 2.41.